The number of nitrogens with zero attached hydrogens (tertiary/aromatic N) is 1. The quantitative estimate of drug-likeness (QED) is 0.509. The second-order valence-electron chi connectivity index (χ2n) is 6.61. The van der Waals surface area contributed by atoms with Gasteiger partial charge in [0.15, 0.2) is 0 Å². The zero-order valence-corrected chi connectivity index (χ0v) is 14.8. The molecular formula is C19H34NO2+. The monoisotopic (exact) mass is 308 g/mol. The lowest BCUT2D eigenvalue weighted by atomic mass is 10.1. The number of quaternary nitrogens is 1. The fourth-order valence-corrected chi connectivity index (χ4v) is 2.11. The largest absolute Gasteiger partial charge is 0.481 e. The van der Waals surface area contributed by atoms with Gasteiger partial charge < -0.3 is 5.11 Å². The number of rotatable bonds is 9. The SMILES string of the molecule is CCCCCCCCCC(=O)O.C[N+](C)(C)c1ccccc1. The molecule has 0 aromatic heterocycles. The lowest BCUT2D eigenvalue weighted by Crippen LogP contribution is -2.34. The molecule has 1 aromatic carbocycles. The number of para-hydroxylation sites is 1. The van der Waals surface area contributed by atoms with Gasteiger partial charge in [-0.25, -0.2) is 0 Å². The summed E-state index contributed by atoms with van der Waals surface area (Å²) in [6.45, 7) is 2.20. The number of unbranched alkanes of at least 4 members (excludes halogenated alkanes) is 6. The topological polar surface area (TPSA) is 37.3 Å². The highest BCUT2D eigenvalue weighted by Gasteiger charge is 2.08. The summed E-state index contributed by atoms with van der Waals surface area (Å²) in [7, 11) is 6.49. The van der Waals surface area contributed by atoms with E-state index in [-0.39, 0.29) is 0 Å². The van der Waals surface area contributed by atoms with Crippen molar-refractivity contribution in [3.8, 4) is 0 Å². The van der Waals surface area contributed by atoms with Crippen LogP contribution in [0.25, 0.3) is 0 Å². The first-order valence-electron chi connectivity index (χ1n) is 8.46. The molecule has 22 heavy (non-hydrogen) atoms. The minimum Gasteiger partial charge on any atom is -0.481 e. The maximum absolute atomic E-state index is 10.1. The Morgan fingerprint density at radius 1 is 0.909 bits per heavy atom. The smallest absolute Gasteiger partial charge is 0.303 e. The van der Waals surface area contributed by atoms with Crippen LogP contribution in [0.1, 0.15) is 58.3 Å². The van der Waals surface area contributed by atoms with Crippen LogP contribution in [-0.2, 0) is 4.79 Å². The van der Waals surface area contributed by atoms with Gasteiger partial charge in [-0.1, -0.05) is 63.6 Å². The normalized spacial score (nSPS) is 10.7. The first kappa shape index (κ1) is 20.6. The summed E-state index contributed by atoms with van der Waals surface area (Å²) in [4.78, 5) is 10.1. The van der Waals surface area contributed by atoms with Crippen molar-refractivity contribution in [3.63, 3.8) is 0 Å². The van der Waals surface area contributed by atoms with Gasteiger partial charge >= 0.3 is 5.97 Å². The van der Waals surface area contributed by atoms with Gasteiger partial charge in [-0.2, -0.15) is 0 Å². The van der Waals surface area contributed by atoms with Crippen LogP contribution in [0.5, 0.6) is 0 Å². The van der Waals surface area contributed by atoms with Crippen LogP contribution in [0.2, 0.25) is 0 Å². The second-order valence-corrected chi connectivity index (χ2v) is 6.61. The Morgan fingerprint density at radius 2 is 1.41 bits per heavy atom. The van der Waals surface area contributed by atoms with Crippen molar-refractivity contribution in [2.24, 2.45) is 0 Å². The molecule has 1 aromatic rings. The maximum Gasteiger partial charge on any atom is 0.303 e. The minimum absolute atomic E-state index is 0.341. The van der Waals surface area contributed by atoms with Crippen molar-refractivity contribution in [2.45, 2.75) is 58.3 Å². The van der Waals surface area contributed by atoms with Gasteiger partial charge in [-0.15, -0.1) is 0 Å². The Kier molecular flexibility index (Phi) is 11.5. The summed E-state index contributed by atoms with van der Waals surface area (Å²) in [6, 6.07) is 10.5. The van der Waals surface area contributed by atoms with E-state index < -0.39 is 5.97 Å². The molecule has 0 bridgehead atoms. The molecule has 1 rings (SSSR count). The number of aliphatic carboxylic acids is 1. The van der Waals surface area contributed by atoms with Crippen molar-refractivity contribution in [3.05, 3.63) is 30.3 Å². The fraction of sp³-hybridized carbons (Fsp3) is 0.632. The van der Waals surface area contributed by atoms with E-state index in [1.165, 1.54) is 37.8 Å². The standard InChI is InChI=1S/C10H20O2.C9H14N/c1-2-3-4-5-6-7-8-9-10(11)12;1-10(2,3)9-7-5-4-6-8-9/h2-9H2,1H3,(H,11,12);4-8H,1-3H3/q;+1. The molecule has 3 heteroatoms. The van der Waals surface area contributed by atoms with Crippen molar-refractivity contribution < 1.29 is 9.90 Å². The van der Waals surface area contributed by atoms with Crippen LogP contribution < -0.4 is 4.48 Å². The Labute approximate surface area is 136 Å². The third-order valence-corrected chi connectivity index (χ3v) is 3.52. The van der Waals surface area contributed by atoms with E-state index >= 15 is 0 Å². The van der Waals surface area contributed by atoms with Gasteiger partial charge in [0.2, 0.25) is 0 Å². The molecule has 0 aliphatic heterocycles. The van der Waals surface area contributed by atoms with Gasteiger partial charge in [0.25, 0.3) is 0 Å². The van der Waals surface area contributed by atoms with E-state index in [0.29, 0.717) is 6.42 Å². The van der Waals surface area contributed by atoms with E-state index in [0.717, 1.165) is 17.3 Å². The van der Waals surface area contributed by atoms with Gasteiger partial charge in [-0.3, -0.25) is 9.28 Å². The first-order chi connectivity index (χ1) is 10.4. The number of carboxylic acid groups (broad SMARTS) is 1. The zero-order chi connectivity index (χ0) is 16.8. The van der Waals surface area contributed by atoms with Crippen LogP contribution in [-0.4, -0.2) is 32.2 Å². The third kappa shape index (κ3) is 12.4. The summed E-state index contributed by atoms with van der Waals surface area (Å²) in [5.74, 6) is -0.663. The van der Waals surface area contributed by atoms with Gasteiger partial charge in [0.1, 0.15) is 5.69 Å². The van der Waals surface area contributed by atoms with Crippen molar-refractivity contribution >= 4 is 11.7 Å². The van der Waals surface area contributed by atoms with Gasteiger partial charge in [-0.05, 0) is 18.6 Å². The Hall–Kier alpha value is -1.35. The summed E-state index contributed by atoms with van der Waals surface area (Å²) < 4.78 is 0.890. The summed E-state index contributed by atoms with van der Waals surface area (Å²) >= 11 is 0. The van der Waals surface area contributed by atoms with Crippen LogP contribution in [0.4, 0.5) is 5.69 Å². The molecule has 0 atom stereocenters. The average molecular weight is 308 g/mol. The Balaban J connectivity index is 0.000000406. The number of hydrogen-bond acceptors (Lipinski definition) is 1. The predicted molar refractivity (Wildman–Crippen MR) is 96.3 cm³/mol. The average Bonchev–Trinajstić information content (AvgIpc) is 2.47. The molecule has 0 unspecified atom stereocenters. The highest BCUT2D eigenvalue weighted by molar-refractivity contribution is 5.66. The van der Waals surface area contributed by atoms with Crippen LogP contribution in [0.3, 0.4) is 0 Å². The summed E-state index contributed by atoms with van der Waals surface area (Å²) in [6.07, 6.45) is 8.64. The number of carboxylic acids is 1. The van der Waals surface area contributed by atoms with Crippen LogP contribution in [0, 0.1) is 0 Å². The number of hydrogen-bond donors (Lipinski definition) is 1. The fourth-order valence-electron chi connectivity index (χ4n) is 2.11. The van der Waals surface area contributed by atoms with E-state index in [9.17, 15) is 4.79 Å². The molecule has 0 saturated heterocycles. The molecule has 1 N–H and O–H groups in total. The molecular weight excluding hydrogens is 274 g/mol. The van der Waals surface area contributed by atoms with Crippen molar-refractivity contribution in [1.29, 1.82) is 0 Å². The lowest BCUT2D eigenvalue weighted by molar-refractivity contribution is -0.137. The molecule has 0 aliphatic carbocycles. The summed E-state index contributed by atoms with van der Waals surface area (Å²) in [5, 5.41) is 8.35. The molecule has 0 radical (unpaired) electrons. The number of benzene rings is 1. The molecule has 0 amide bonds. The molecule has 0 heterocycles. The van der Waals surface area contributed by atoms with E-state index in [2.05, 4.69) is 52.3 Å². The van der Waals surface area contributed by atoms with Crippen molar-refractivity contribution in [2.75, 3.05) is 21.1 Å². The molecule has 0 spiro atoms. The van der Waals surface area contributed by atoms with Crippen molar-refractivity contribution in [1.82, 2.24) is 4.48 Å². The molecule has 126 valence electrons. The van der Waals surface area contributed by atoms with E-state index in [4.69, 9.17) is 5.11 Å². The zero-order valence-electron chi connectivity index (χ0n) is 14.8. The molecule has 3 nitrogen and oxygen atoms in total. The highest BCUT2D eigenvalue weighted by Crippen LogP contribution is 2.14. The molecule has 0 saturated carbocycles. The second kappa shape index (κ2) is 12.2. The van der Waals surface area contributed by atoms with Crippen LogP contribution in [0.15, 0.2) is 30.3 Å². The third-order valence-electron chi connectivity index (χ3n) is 3.52. The molecule has 0 aliphatic rings. The minimum atomic E-state index is -0.663. The maximum atomic E-state index is 10.1. The Morgan fingerprint density at radius 3 is 1.82 bits per heavy atom. The van der Waals surface area contributed by atoms with Gasteiger partial charge in [0.05, 0.1) is 21.1 Å². The van der Waals surface area contributed by atoms with E-state index in [1.54, 1.807) is 0 Å². The molecule has 0 fully saturated rings. The van der Waals surface area contributed by atoms with E-state index in [1.807, 2.05) is 6.07 Å². The van der Waals surface area contributed by atoms with Crippen LogP contribution >= 0.6 is 0 Å². The number of carbonyl (C=O) groups is 1. The van der Waals surface area contributed by atoms with Gasteiger partial charge in [0, 0.05) is 6.42 Å². The lowest BCUT2D eigenvalue weighted by Gasteiger charge is -2.22. The first-order valence-corrected chi connectivity index (χ1v) is 8.46. The predicted octanol–water partition coefficient (Wildman–Crippen LogP) is 5.10. The highest BCUT2D eigenvalue weighted by atomic mass is 16.4. The Bertz CT molecular complexity index is 382. The summed E-state index contributed by atoms with van der Waals surface area (Å²) in [5.41, 5.74) is 1.34.